The van der Waals surface area contributed by atoms with Crippen LogP contribution < -0.4 is 4.74 Å². The maximum Gasteiger partial charge on any atom is 0.119 e. The van der Waals surface area contributed by atoms with Gasteiger partial charge in [0.2, 0.25) is 0 Å². The van der Waals surface area contributed by atoms with E-state index in [1.165, 1.54) is 0 Å². The summed E-state index contributed by atoms with van der Waals surface area (Å²) in [4.78, 5) is 0. The molecule has 0 saturated carbocycles. The lowest BCUT2D eigenvalue weighted by molar-refractivity contribution is 0.0188. The molecule has 1 aromatic rings. The van der Waals surface area contributed by atoms with Gasteiger partial charge in [0.25, 0.3) is 0 Å². The molecule has 1 rings (SSSR count). The summed E-state index contributed by atoms with van der Waals surface area (Å²) in [5, 5.41) is 8.65. The van der Waals surface area contributed by atoms with Crippen LogP contribution >= 0.6 is 0 Å². The van der Waals surface area contributed by atoms with Gasteiger partial charge in [0.1, 0.15) is 12.4 Å². The van der Waals surface area contributed by atoms with Crippen molar-refractivity contribution in [3.05, 3.63) is 29.8 Å². The van der Waals surface area contributed by atoms with Crippen LogP contribution in [-0.4, -0.2) is 31.0 Å². The molecular formula is C17H24O3. The Kier molecular flexibility index (Phi) is 7.79. The number of hydrogen-bond donors (Lipinski definition) is 1. The van der Waals surface area contributed by atoms with Gasteiger partial charge in [0, 0.05) is 12.0 Å². The van der Waals surface area contributed by atoms with E-state index in [0.29, 0.717) is 25.6 Å². The highest BCUT2D eigenvalue weighted by Gasteiger charge is 2.06. The number of rotatable bonds is 7. The van der Waals surface area contributed by atoms with E-state index in [9.17, 15) is 0 Å². The van der Waals surface area contributed by atoms with Crippen molar-refractivity contribution in [3.63, 3.8) is 0 Å². The Morgan fingerprint density at radius 1 is 1.10 bits per heavy atom. The molecule has 0 aliphatic heterocycles. The van der Waals surface area contributed by atoms with Gasteiger partial charge < -0.3 is 14.6 Å². The van der Waals surface area contributed by atoms with E-state index in [-0.39, 0.29) is 12.7 Å². The standard InChI is InChI=1S/C17H24O3/c1-14(2)15(3)19-12-13-20-17-9-7-16(8-10-17)6-4-5-11-18/h7-10,14-15,18H,5,11-13H2,1-3H3. The highest BCUT2D eigenvalue weighted by molar-refractivity contribution is 5.38. The lowest BCUT2D eigenvalue weighted by Gasteiger charge is -2.16. The Hall–Kier alpha value is -1.50. The predicted octanol–water partition coefficient (Wildman–Crippen LogP) is 2.86. The molecule has 0 aliphatic carbocycles. The van der Waals surface area contributed by atoms with Crippen molar-refractivity contribution in [2.24, 2.45) is 5.92 Å². The van der Waals surface area contributed by atoms with Gasteiger partial charge in [-0.1, -0.05) is 25.7 Å². The van der Waals surface area contributed by atoms with Crippen LogP contribution in [0.5, 0.6) is 5.75 Å². The molecule has 3 heteroatoms. The van der Waals surface area contributed by atoms with Gasteiger partial charge in [-0.05, 0) is 37.1 Å². The largest absolute Gasteiger partial charge is 0.491 e. The van der Waals surface area contributed by atoms with Crippen molar-refractivity contribution in [1.82, 2.24) is 0 Å². The quantitative estimate of drug-likeness (QED) is 0.615. The normalized spacial score (nSPS) is 11.8. The zero-order valence-corrected chi connectivity index (χ0v) is 12.6. The van der Waals surface area contributed by atoms with Crippen molar-refractivity contribution >= 4 is 0 Å². The summed E-state index contributed by atoms with van der Waals surface area (Å²) >= 11 is 0. The first-order valence-corrected chi connectivity index (χ1v) is 7.07. The third kappa shape index (κ3) is 6.60. The van der Waals surface area contributed by atoms with E-state index < -0.39 is 0 Å². The average Bonchev–Trinajstić information content (AvgIpc) is 2.45. The molecule has 0 fully saturated rings. The molecule has 3 nitrogen and oxygen atoms in total. The first-order valence-electron chi connectivity index (χ1n) is 7.07. The van der Waals surface area contributed by atoms with Gasteiger partial charge in [-0.2, -0.15) is 0 Å². The zero-order chi connectivity index (χ0) is 14.8. The fourth-order valence-corrected chi connectivity index (χ4v) is 1.44. The van der Waals surface area contributed by atoms with E-state index in [1.807, 2.05) is 24.3 Å². The molecule has 0 radical (unpaired) electrons. The van der Waals surface area contributed by atoms with Gasteiger partial charge in [-0.25, -0.2) is 0 Å². The maximum absolute atomic E-state index is 8.65. The van der Waals surface area contributed by atoms with Crippen LogP contribution in [0.4, 0.5) is 0 Å². The molecule has 1 N–H and O–H groups in total. The molecule has 0 bridgehead atoms. The van der Waals surface area contributed by atoms with Crippen molar-refractivity contribution < 1.29 is 14.6 Å². The van der Waals surface area contributed by atoms with Crippen LogP contribution in [0, 0.1) is 17.8 Å². The molecule has 0 heterocycles. The van der Waals surface area contributed by atoms with Gasteiger partial charge >= 0.3 is 0 Å². The second kappa shape index (κ2) is 9.41. The van der Waals surface area contributed by atoms with Crippen molar-refractivity contribution in [2.75, 3.05) is 19.8 Å². The van der Waals surface area contributed by atoms with Crippen molar-refractivity contribution in [2.45, 2.75) is 33.3 Å². The molecule has 1 unspecified atom stereocenters. The van der Waals surface area contributed by atoms with Crippen LogP contribution in [0.3, 0.4) is 0 Å². The van der Waals surface area contributed by atoms with Crippen LogP contribution in [0.1, 0.15) is 32.8 Å². The summed E-state index contributed by atoms with van der Waals surface area (Å²) in [6, 6.07) is 7.62. The number of ether oxygens (including phenoxy) is 2. The van der Waals surface area contributed by atoms with E-state index in [0.717, 1.165) is 11.3 Å². The lowest BCUT2D eigenvalue weighted by Crippen LogP contribution is -2.19. The molecular weight excluding hydrogens is 252 g/mol. The zero-order valence-electron chi connectivity index (χ0n) is 12.6. The Labute approximate surface area is 121 Å². The Morgan fingerprint density at radius 3 is 2.40 bits per heavy atom. The maximum atomic E-state index is 8.65. The molecule has 0 aliphatic rings. The van der Waals surface area contributed by atoms with Crippen LogP contribution in [0.2, 0.25) is 0 Å². The molecule has 0 spiro atoms. The third-order valence-electron chi connectivity index (χ3n) is 3.00. The van der Waals surface area contributed by atoms with E-state index in [1.54, 1.807) is 0 Å². The van der Waals surface area contributed by atoms with E-state index in [2.05, 4.69) is 32.6 Å². The minimum Gasteiger partial charge on any atom is -0.491 e. The highest BCUT2D eigenvalue weighted by Crippen LogP contribution is 2.12. The fraction of sp³-hybridized carbons (Fsp3) is 0.529. The van der Waals surface area contributed by atoms with Crippen molar-refractivity contribution in [1.29, 1.82) is 0 Å². The first kappa shape index (κ1) is 16.6. The highest BCUT2D eigenvalue weighted by atomic mass is 16.5. The number of aliphatic hydroxyl groups excluding tert-OH is 1. The molecule has 1 atom stereocenters. The summed E-state index contributed by atoms with van der Waals surface area (Å²) < 4.78 is 11.2. The molecule has 0 saturated heterocycles. The number of aliphatic hydroxyl groups is 1. The minimum absolute atomic E-state index is 0.100. The molecule has 0 aromatic heterocycles. The average molecular weight is 276 g/mol. The number of hydrogen-bond acceptors (Lipinski definition) is 3. The van der Waals surface area contributed by atoms with Gasteiger partial charge in [-0.15, -0.1) is 0 Å². The van der Waals surface area contributed by atoms with Gasteiger partial charge in [0.15, 0.2) is 0 Å². The van der Waals surface area contributed by atoms with Gasteiger partial charge in [0.05, 0.1) is 19.3 Å². The number of benzene rings is 1. The summed E-state index contributed by atoms with van der Waals surface area (Å²) in [7, 11) is 0. The first-order chi connectivity index (χ1) is 9.63. The molecule has 110 valence electrons. The summed E-state index contributed by atoms with van der Waals surface area (Å²) in [5.74, 6) is 7.20. The summed E-state index contributed by atoms with van der Waals surface area (Å²) in [5.41, 5.74) is 0.926. The Balaban J connectivity index is 2.30. The SMILES string of the molecule is CC(C)C(C)OCCOc1ccc(C#CCCO)cc1. The van der Waals surface area contributed by atoms with Crippen LogP contribution in [-0.2, 0) is 4.74 Å². The second-order valence-corrected chi connectivity index (χ2v) is 4.97. The van der Waals surface area contributed by atoms with E-state index in [4.69, 9.17) is 14.6 Å². The molecule has 0 amide bonds. The minimum atomic E-state index is 0.100. The lowest BCUT2D eigenvalue weighted by atomic mass is 10.1. The summed E-state index contributed by atoms with van der Waals surface area (Å²) in [6.45, 7) is 7.60. The monoisotopic (exact) mass is 276 g/mol. The van der Waals surface area contributed by atoms with Gasteiger partial charge in [-0.3, -0.25) is 0 Å². The Morgan fingerprint density at radius 2 is 1.80 bits per heavy atom. The van der Waals surface area contributed by atoms with Crippen LogP contribution in [0.15, 0.2) is 24.3 Å². The second-order valence-electron chi connectivity index (χ2n) is 4.97. The summed E-state index contributed by atoms with van der Waals surface area (Å²) in [6.07, 6.45) is 0.756. The fourth-order valence-electron chi connectivity index (χ4n) is 1.44. The molecule has 1 aromatic carbocycles. The third-order valence-corrected chi connectivity index (χ3v) is 3.00. The smallest absolute Gasteiger partial charge is 0.119 e. The molecule has 20 heavy (non-hydrogen) atoms. The van der Waals surface area contributed by atoms with Crippen molar-refractivity contribution in [3.8, 4) is 17.6 Å². The van der Waals surface area contributed by atoms with Crippen LogP contribution in [0.25, 0.3) is 0 Å². The van der Waals surface area contributed by atoms with E-state index >= 15 is 0 Å². The predicted molar refractivity (Wildman–Crippen MR) is 80.8 cm³/mol. The topological polar surface area (TPSA) is 38.7 Å². The Bertz CT molecular complexity index is 426.